The van der Waals surface area contributed by atoms with Crippen molar-refractivity contribution in [2.75, 3.05) is 27.3 Å². The summed E-state index contributed by atoms with van der Waals surface area (Å²) in [5, 5.41) is 0. The van der Waals surface area contributed by atoms with E-state index >= 15 is 0 Å². The third-order valence-corrected chi connectivity index (χ3v) is 5.87. The number of nitrogens with zero attached hydrogens (tertiary/aromatic N) is 3. The van der Waals surface area contributed by atoms with E-state index in [1.54, 1.807) is 26.4 Å². The Morgan fingerprint density at radius 3 is 2.65 bits per heavy atom. The molecule has 162 valence electrons. The summed E-state index contributed by atoms with van der Waals surface area (Å²) in [6.45, 7) is 4.62. The van der Waals surface area contributed by atoms with Gasteiger partial charge in [0.15, 0.2) is 0 Å². The van der Waals surface area contributed by atoms with Crippen LogP contribution in [-0.2, 0) is 6.54 Å². The molecule has 5 nitrogen and oxygen atoms in total. The minimum atomic E-state index is -0.241. The molecule has 1 fully saturated rings. The monoisotopic (exact) mass is 421 g/mol. The Morgan fingerprint density at radius 2 is 1.90 bits per heavy atom. The van der Waals surface area contributed by atoms with Crippen molar-refractivity contribution in [3.63, 3.8) is 0 Å². The number of hydrogen-bond acceptors (Lipinski definition) is 5. The molecule has 6 heteroatoms. The van der Waals surface area contributed by atoms with Crippen LogP contribution < -0.4 is 9.47 Å². The van der Waals surface area contributed by atoms with Crippen LogP contribution in [0, 0.1) is 12.7 Å². The van der Waals surface area contributed by atoms with Crippen molar-refractivity contribution in [1.82, 2.24) is 14.9 Å². The van der Waals surface area contributed by atoms with Gasteiger partial charge in [-0.15, -0.1) is 0 Å². The molecule has 31 heavy (non-hydrogen) atoms. The van der Waals surface area contributed by atoms with E-state index in [-0.39, 0.29) is 11.7 Å². The molecule has 0 saturated carbocycles. The fourth-order valence-electron chi connectivity index (χ4n) is 4.32. The highest BCUT2D eigenvalue weighted by molar-refractivity contribution is 5.65. The molecule has 0 radical (unpaired) electrons. The molecule has 0 amide bonds. The van der Waals surface area contributed by atoms with E-state index in [4.69, 9.17) is 14.5 Å². The molecule has 2 aromatic carbocycles. The fraction of sp³-hybridized carbons (Fsp3) is 0.360. The number of rotatable bonds is 6. The Bertz CT molecular complexity index is 1040. The molecule has 1 aromatic heterocycles. The van der Waals surface area contributed by atoms with Gasteiger partial charge in [-0.1, -0.05) is 12.1 Å². The first kappa shape index (κ1) is 21.2. The highest BCUT2D eigenvalue weighted by Crippen LogP contribution is 2.34. The second-order valence-corrected chi connectivity index (χ2v) is 7.98. The maximum Gasteiger partial charge on any atom is 0.125 e. The topological polar surface area (TPSA) is 47.5 Å². The quantitative estimate of drug-likeness (QED) is 0.561. The summed E-state index contributed by atoms with van der Waals surface area (Å²) in [5.74, 6) is 2.50. The number of halogens is 1. The zero-order valence-corrected chi connectivity index (χ0v) is 18.3. The van der Waals surface area contributed by atoms with Crippen LogP contribution in [0.1, 0.15) is 35.8 Å². The van der Waals surface area contributed by atoms with Gasteiger partial charge in [0.05, 0.1) is 19.9 Å². The molecule has 4 rings (SSSR count). The number of likely N-dealkylation sites (tertiary alicyclic amines) is 1. The average Bonchev–Trinajstić information content (AvgIpc) is 2.80. The Labute approximate surface area is 182 Å². The summed E-state index contributed by atoms with van der Waals surface area (Å²) >= 11 is 0. The molecule has 0 aliphatic carbocycles. The van der Waals surface area contributed by atoms with Crippen LogP contribution in [0.25, 0.3) is 11.1 Å². The number of benzene rings is 2. The lowest BCUT2D eigenvalue weighted by molar-refractivity contribution is 0.196. The van der Waals surface area contributed by atoms with Gasteiger partial charge < -0.3 is 9.47 Å². The van der Waals surface area contributed by atoms with E-state index < -0.39 is 0 Å². The minimum Gasteiger partial charge on any atom is -0.497 e. The van der Waals surface area contributed by atoms with Crippen LogP contribution in [0.4, 0.5) is 4.39 Å². The van der Waals surface area contributed by atoms with Gasteiger partial charge in [-0.2, -0.15) is 0 Å². The van der Waals surface area contributed by atoms with E-state index in [2.05, 4.69) is 9.88 Å². The van der Waals surface area contributed by atoms with E-state index in [1.807, 2.05) is 31.3 Å². The third-order valence-electron chi connectivity index (χ3n) is 5.87. The summed E-state index contributed by atoms with van der Waals surface area (Å²) in [5.41, 5.74) is 4.08. The zero-order chi connectivity index (χ0) is 21.8. The van der Waals surface area contributed by atoms with Gasteiger partial charge in [0.1, 0.15) is 23.1 Å². The van der Waals surface area contributed by atoms with E-state index in [0.717, 1.165) is 72.2 Å². The lowest BCUT2D eigenvalue weighted by Gasteiger charge is -2.33. The normalized spacial score (nSPS) is 16.8. The molecule has 3 aromatic rings. The number of hydrogen-bond donors (Lipinski definition) is 0. The molecule has 2 heterocycles. The highest BCUT2D eigenvalue weighted by Gasteiger charge is 2.26. The van der Waals surface area contributed by atoms with E-state index in [9.17, 15) is 4.39 Å². The van der Waals surface area contributed by atoms with Crippen molar-refractivity contribution in [2.45, 2.75) is 32.2 Å². The van der Waals surface area contributed by atoms with Crippen molar-refractivity contribution >= 4 is 0 Å². The first-order chi connectivity index (χ1) is 15.1. The molecule has 1 aliphatic heterocycles. The predicted molar refractivity (Wildman–Crippen MR) is 119 cm³/mol. The lowest BCUT2D eigenvalue weighted by atomic mass is 9.89. The van der Waals surface area contributed by atoms with E-state index in [0.29, 0.717) is 0 Å². The molecule has 0 bridgehead atoms. The van der Waals surface area contributed by atoms with E-state index in [1.165, 1.54) is 12.1 Å². The molecule has 0 N–H and O–H groups in total. The van der Waals surface area contributed by atoms with Crippen molar-refractivity contribution in [3.8, 4) is 22.6 Å². The van der Waals surface area contributed by atoms with Gasteiger partial charge in [0.2, 0.25) is 0 Å². The fourth-order valence-corrected chi connectivity index (χ4v) is 4.32. The zero-order valence-electron chi connectivity index (χ0n) is 18.3. The standard InChI is InChI=1S/C25H28FN3O2/c1-17-27-14-23(18-6-8-21(26)9-7-18)25(28-17)19-5-4-12-29(15-19)16-20-13-22(30-2)10-11-24(20)31-3/h6-11,13-14,19H,4-5,12,15-16H2,1-3H3. The van der Waals surface area contributed by atoms with Crippen LogP contribution in [-0.4, -0.2) is 42.2 Å². The molecule has 1 aliphatic rings. The molecule has 0 spiro atoms. The summed E-state index contributed by atoms with van der Waals surface area (Å²) < 4.78 is 24.4. The summed E-state index contributed by atoms with van der Waals surface area (Å²) in [6, 6.07) is 12.5. The largest absolute Gasteiger partial charge is 0.497 e. The summed E-state index contributed by atoms with van der Waals surface area (Å²) in [7, 11) is 3.37. The van der Waals surface area contributed by atoms with Crippen molar-refractivity contribution < 1.29 is 13.9 Å². The number of methoxy groups -OCH3 is 2. The molecule has 1 atom stereocenters. The van der Waals surface area contributed by atoms with Crippen LogP contribution >= 0.6 is 0 Å². The van der Waals surface area contributed by atoms with Crippen molar-refractivity contribution in [2.24, 2.45) is 0 Å². The van der Waals surface area contributed by atoms with Gasteiger partial charge in [-0.05, 0) is 62.2 Å². The average molecular weight is 422 g/mol. The van der Waals surface area contributed by atoms with Gasteiger partial charge in [0.25, 0.3) is 0 Å². The maximum absolute atomic E-state index is 13.4. The van der Waals surface area contributed by atoms with Gasteiger partial charge in [-0.25, -0.2) is 14.4 Å². The number of aryl methyl sites for hydroxylation is 1. The van der Waals surface area contributed by atoms with Crippen LogP contribution in [0.2, 0.25) is 0 Å². The second-order valence-electron chi connectivity index (χ2n) is 7.98. The van der Waals surface area contributed by atoms with Gasteiger partial charge in [0, 0.05) is 36.3 Å². The first-order valence-corrected chi connectivity index (χ1v) is 10.6. The van der Waals surface area contributed by atoms with Crippen molar-refractivity contribution in [3.05, 3.63) is 71.6 Å². The smallest absolute Gasteiger partial charge is 0.125 e. The van der Waals surface area contributed by atoms with Crippen LogP contribution in [0.5, 0.6) is 11.5 Å². The minimum absolute atomic E-state index is 0.241. The summed E-state index contributed by atoms with van der Waals surface area (Å²) in [6.07, 6.45) is 4.02. The Balaban J connectivity index is 1.60. The van der Waals surface area contributed by atoms with Crippen LogP contribution in [0.3, 0.4) is 0 Å². The van der Waals surface area contributed by atoms with Gasteiger partial charge >= 0.3 is 0 Å². The predicted octanol–water partition coefficient (Wildman–Crippen LogP) is 4.99. The van der Waals surface area contributed by atoms with Crippen LogP contribution in [0.15, 0.2) is 48.7 Å². The molecular formula is C25H28FN3O2. The number of aromatic nitrogens is 2. The summed E-state index contributed by atoms with van der Waals surface area (Å²) in [4.78, 5) is 11.7. The van der Waals surface area contributed by atoms with Crippen molar-refractivity contribution in [1.29, 1.82) is 0 Å². The molecule has 1 unspecified atom stereocenters. The lowest BCUT2D eigenvalue weighted by Crippen LogP contribution is -2.34. The Hall–Kier alpha value is -2.99. The number of piperidine rings is 1. The highest BCUT2D eigenvalue weighted by atomic mass is 19.1. The Kier molecular flexibility index (Phi) is 6.47. The number of ether oxygens (including phenoxy) is 2. The van der Waals surface area contributed by atoms with Gasteiger partial charge in [-0.3, -0.25) is 4.90 Å². The SMILES string of the molecule is COc1ccc(OC)c(CN2CCCC(c3nc(C)ncc3-c3ccc(F)cc3)C2)c1. The Morgan fingerprint density at radius 1 is 1.10 bits per heavy atom. The first-order valence-electron chi connectivity index (χ1n) is 10.6. The maximum atomic E-state index is 13.4. The second kappa shape index (κ2) is 9.43. The molecule has 1 saturated heterocycles. The molecular weight excluding hydrogens is 393 g/mol. The third kappa shape index (κ3) is 4.85.